The average Bonchev–Trinajstić information content (AvgIpc) is 2.17. The van der Waals surface area contributed by atoms with Crippen LogP contribution in [0.15, 0.2) is 0 Å². The molecule has 0 fully saturated rings. The topological polar surface area (TPSA) is 39.7 Å². The van der Waals surface area contributed by atoms with E-state index in [0.29, 0.717) is 19.8 Å². The highest BCUT2D eigenvalue weighted by Crippen LogP contribution is 2.02. The summed E-state index contributed by atoms with van der Waals surface area (Å²) in [6, 6.07) is 0.102. The van der Waals surface area contributed by atoms with Crippen LogP contribution in [0.4, 0.5) is 0 Å². The molecule has 0 aromatic rings. The van der Waals surface area contributed by atoms with E-state index in [1.807, 2.05) is 13.8 Å². The second-order valence-corrected chi connectivity index (χ2v) is 2.90. The zero-order valence-electron chi connectivity index (χ0n) is 9.71. The van der Waals surface area contributed by atoms with E-state index in [9.17, 15) is 0 Å². The third-order valence-corrected chi connectivity index (χ3v) is 1.80. The highest BCUT2D eigenvalue weighted by atomic mass is 16.7. The van der Waals surface area contributed by atoms with Crippen molar-refractivity contribution in [2.24, 2.45) is 0 Å². The number of hydrogen-bond donors (Lipinski definition) is 1. The van der Waals surface area contributed by atoms with Crippen molar-refractivity contribution in [2.45, 2.75) is 33.1 Å². The molecule has 0 rings (SSSR count). The van der Waals surface area contributed by atoms with E-state index in [2.05, 4.69) is 12.2 Å². The van der Waals surface area contributed by atoms with Crippen LogP contribution in [0.5, 0.6) is 0 Å². The zero-order valence-corrected chi connectivity index (χ0v) is 9.71. The van der Waals surface area contributed by atoms with Gasteiger partial charge in [-0.1, -0.05) is 6.92 Å². The third-order valence-electron chi connectivity index (χ3n) is 1.80. The molecule has 0 saturated carbocycles. The van der Waals surface area contributed by atoms with Gasteiger partial charge in [0.1, 0.15) is 0 Å². The molecule has 1 N–H and O–H groups in total. The molecule has 0 aromatic heterocycles. The molecule has 14 heavy (non-hydrogen) atoms. The van der Waals surface area contributed by atoms with Crippen LogP contribution in [0.25, 0.3) is 0 Å². The summed E-state index contributed by atoms with van der Waals surface area (Å²) >= 11 is 0. The van der Waals surface area contributed by atoms with Gasteiger partial charge in [0.05, 0.1) is 12.6 Å². The molecular weight excluding hydrogens is 182 g/mol. The first-order chi connectivity index (χ1) is 6.79. The molecule has 86 valence electrons. The van der Waals surface area contributed by atoms with Crippen LogP contribution < -0.4 is 5.32 Å². The minimum Gasteiger partial charge on any atom is -0.383 e. The quantitative estimate of drug-likeness (QED) is 0.570. The molecule has 0 aliphatic heterocycles. The Morgan fingerprint density at radius 3 is 2.00 bits per heavy atom. The summed E-state index contributed by atoms with van der Waals surface area (Å²) < 4.78 is 16.1. The number of nitrogens with one attached hydrogen (secondary N) is 1. The fourth-order valence-electron chi connectivity index (χ4n) is 1.28. The lowest BCUT2D eigenvalue weighted by atomic mass is 10.3. The molecule has 0 saturated heterocycles. The Balaban J connectivity index is 4.06. The molecule has 0 bridgehead atoms. The summed E-state index contributed by atoms with van der Waals surface area (Å²) in [4.78, 5) is 0. The number of rotatable bonds is 9. The summed E-state index contributed by atoms with van der Waals surface area (Å²) in [7, 11) is 1.68. The largest absolute Gasteiger partial charge is 0.383 e. The van der Waals surface area contributed by atoms with Gasteiger partial charge in [0.2, 0.25) is 0 Å². The monoisotopic (exact) mass is 205 g/mol. The van der Waals surface area contributed by atoms with E-state index < -0.39 is 0 Å². The summed E-state index contributed by atoms with van der Waals surface area (Å²) in [5.74, 6) is 0. The van der Waals surface area contributed by atoms with Crippen LogP contribution in [0.1, 0.15) is 20.8 Å². The van der Waals surface area contributed by atoms with Crippen molar-refractivity contribution in [1.82, 2.24) is 5.32 Å². The van der Waals surface area contributed by atoms with Crippen molar-refractivity contribution in [3.63, 3.8) is 0 Å². The predicted octanol–water partition coefficient (Wildman–Crippen LogP) is 1.01. The van der Waals surface area contributed by atoms with E-state index in [4.69, 9.17) is 14.2 Å². The molecule has 4 nitrogen and oxygen atoms in total. The van der Waals surface area contributed by atoms with Crippen molar-refractivity contribution in [2.75, 3.05) is 33.5 Å². The summed E-state index contributed by atoms with van der Waals surface area (Å²) in [5, 5.41) is 3.28. The zero-order chi connectivity index (χ0) is 10.8. The molecule has 0 amide bonds. The third kappa shape index (κ3) is 5.54. The lowest BCUT2D eigenvalue weighted by molar-refractivity contribution is -0.161. The number of hydrogen-bond acceptors (Lipinski definition) is 4. The second-order valence-electron chi connectivity index (χ2n) is 2.90. The van der Waals surface area contributed by atoms with Crippen molar-refractivity contribution in [3.05, 3.63) is 0 Å². The molecule has 0 heterocycles. The van der Waals surface area contributed by atoms with E-state index in [1.54, 1.807) is 7.11 Å². The lowest BCUT2D eigenvalue weighted by Gasteiger charge is -2.26. The fourth-order valence-corrected chi connectivity index (χ4v) is 1.28. The Morgan fingerprint density at radius 2 is 1.64 bits per heavy atom. The van der Waals surface area contributed by atoms with Crippen LogP contribution in [0, 0.1) is 0 Å². The molecule has 0 radical (unpaired) electrons. The van der Waals surface area contributed by atoms with E-state index in [1.165, 1.54) is 0 Å². The smallest absolute Gasteiger partial charge is 0.174 e. The Hall–Kier alpha value is -0.160. The maximum atomic E-state index is 5.48. The summed E-state index contributed by atoms with van der Waals surface area (Å²) in [5.41, 5.74) is 0. The standard InChI is InChI=1S/C10H23NO3/c1-5-11-9(8-12-4)10(13-6-2)14-7-3/h9-11H,5-8H2,1-4H3. The number of methoxy groups -OCH3 is 1. The van der Waals surface area contributed by atoms with Crippen LogP contribution in [0.3, 0.4) is 0 Å². The summed E-state index contributed by atoms with van der Waals surface area (Å²) in [6.07, 6.45) is -0.218. The second kappa shape index (κ2) is 9.40. The Labute approximate surface area is 86.9 Å². The predicted molar refractivity (Wildman–Crippen MR) is 56.4 cm³/mol. The van der Waals surface area contributed by atoms with E-state index in [-0.39, 0.29) is 12.3 Å². The van der Waals surface area contributed by atoms with Gasteiger partial charge >= 0.3 is 0 Å². The molecule has 4 heteroatoms. The van der Waals surface area contributed by atoms with Gasteiger partial charge in [0.15, 0.2) is 6.29 Å². The highest BCUT2D eigenvalue weighted by Gasteiger charge is 2.20. The van der Waals surface area contributed by atoms with Gasteiger partial charge in [0.25, 0.3) is 0 Å². The van der Waals surface area contributed by atoms with Crippen LogP contribution in [-0.2, 0) is 14.2 Å². The van der Waals surface area contributed by atoms with Crippen molar-refractivity contribution < 1.29 is 14.2 Å². The maximum Gasteiger partial charge on any atom is 0.174 e. The Kier molecular flexibility index (Phi) is 9.29. The first-order valence-electron chi connectivity index (χ1n) is 5.25. The Bertz CT molecular complexity index is 95.9. The molecule has 1 unspecified atom stereocenters. The molecule has 0 spiro atoms. The number of ether oxygens (including phenoxy) is 3. The first kappa shape index (κ1) is 13.8. The molecule has 0 aromatic carbocycles. The van der Waals surface area contributed by atoms with Crippen LogP contribution >= 0.6 is 0 Å². The molecule has 0 aliphatic carbocycles. The minimum atomic E-state index is -0.218. The van der Waals surface area contributed by atoms with Crippen molar-refractivity contribution in [3.8, 4) is 0 Å². The normalized spacial score (nSPS) is 13.5. The van der Waals surface area contributed by atoms with E-state index >= 15 is 0 Å². The van der Waals surface area contributed by atoms with Crippen molar-refractivity contribution >= 4 is 0 Å². The van der Waals surface area contributed by atoms with Gasteiger partial charge < -0.3 is 19.5 Å². The molecule has 0 aliphatic rings. The van der Waals surface area contributed by atoms with Crippen LogP contribution in [-0.4, -0.2) is 45.8 Å². The lowest BCUT2D eigenvalue weighted by Crippen LogP contribution is -2.46. The molecular formula is C10H23NO3. The van der Waals surface area contributed by atoms with E-state index in [0.717, 1.165) is 6.54 Å². The van der Waals surface area contributed by atoms with Gasteiger partial charge in [-0.3, -0.25) is 0 Å². The van der Waals surface area contributed by atoms with Gasteiger partial charge in [-0.15, -0.1) is 0 Å². The average molecular weight is 205 g/mol. The van der Waals surface area contributed by atoms with Crippen LogP contribution in [0.2, 0.25) is 0 Å². The van der Waals surface area contributed by atoms with Gasteiger partial charge in [-0.05, 0) is 20.4 Å². The van der Waals surface area contributed by atoms with Gasteiger partial charge in [0, 0.05) is 20.3 Å². The fraction of sp³-hybridized carbons (Fsp3) is 1.00. The number of likely N-dealkylation sites (N-methyl/N-ethyl adjacent to an activating group) is 1. The Morgan fingerprint density at radius 1 is 1.07 bits per heavy atom. The van der Waals surface area contributed by atoms with Gasteiger partial charge in [-0.25, -0.2) is 0 Å². The maximum absolute atomic E-state index is 5.48. The molecule has 1 atom stereocenters. The van der Waals surface area contributed by atoms with Crippen molar-refractivity contribution in [1.29, 1.82) is 0 Å². The first-order valence-corrected chi connectivity index (χ1v) is 5.25. The minimum absolute atomic E-state index is 0.102. The SMILES string of the molecule is CCNC(COC)C(OCC)OCC. The van der Waals surface area contributed by atoms with Gasteiger partial charge in [-0.2, -0.15) is 0 Å². The summed E-state index contributed by atoms with van der Waals surface area (Å²) in [6.45, 7) is 8.75. The highest BCUT2D eigenvalue weighted by molar-refractivity contribution is 4.69.